The van der Waals surface area contributed by atoms with Crippen LogP contribution in [0.2, 0.25) is 0 Å². The third-order valence-corrected chi connectivity index (χ3v) is 3.92. The number of nitrogens with zero attached hydrogens (tertiary/aromatic N) is 1. The topological polar surface area (TPSA) is 75.5 Å². The van der Waals surface area contributed by atoms with Crippen molar-refractivity contribution in [2.24, 2.45) is 0 Å². The van der Waals surface area contributed by atoms with Gasteiger partial charge in [0.05, 0.1) is 33.8 Å². The number of benzene rings is 2. The van der Waals surface area contributed by atoms with Gasteiger partial charge in [0.1, 0.15) is 0 Å². The Labute approximate surface area is 158 Å². The Morgan fingerprint density at radius 2 is 1.62 bits per heavy atom. The van der Waals surface area contributed by atoms with E-state index in [1.165, 1.54) is 0 Å². The monoisotopic (exact) mass is 371 g/mol. The lowest BCUT2D eigenvalue weighted by Gasteiger charge is -2.15. The second kappa shape index (κ2) is 9.49. The summed E-state index contributed by atoms with van der Waals surface area (Å²) in [6, 6.07) is 13.4. The number of nitriles is 1. The lowest BCUT2D eigenvalue weighted by atomic mass is 10.1. The summed E-state index contributed by atoms with van der Waals surface area (Å²) in [5, 5.41) is 15.4. The van der Waals surface area contributed by atoms with Gasteiger partial charge >= 0.3 is 0 Å². The van der Waals surface area contributed by atoms with E-state index in [0.29, 0.717) is 35.3 Å². The Bertz CT molecular complexity index is 776. The summed E-state index contributed by atoms with van der Waals surface area (Å²) in [4.78, 5) is 0. The molecule has 0 aliphatic rings. The SMILES string of the molecule is COc1cc(CNC(=S)Nc2ccc(CC#N)cc2)cc(OC)c1OC. The van der Waals surface area contributed by atoms with Crippen LogP contribution in [0.1, 0.15) is 11.1 Å². The third-order valence-electron chi connectivity index (χ3n) is 3.67. The number of methoxy groups -OCH3 is 3. The van der Waals surface area contributed by atoms with Gasteiger partial charge in [-0.2, -0.15) is 5.26 Å². The second-order valence-electron chi connectivity index (χ2n) is 5.37. The predicted molar refractivity (Wildman–Crippen MR) is 105 cm³/mol. The van der Waals surface area contributed by atoms with Crippen molar-refractivity contribution in [3.63, 3.8) is 0 Å². The molecule has 2 N–H and O–H groups in total. The smallest absolute Gasteiger partial charge is 0.203 e. The van der Waals surface area contributed by atoms with E-state index in [4.69, 9.17) is 31.7 Å². The molecule has 0 amide bonds. The molecule has 0 spiro atoms. The van der Waals surface area contributed by atoms with Gasteiger partial charge < -0.3 is 24.8 Å². The number of anilines is 1. The minimum atomic E-state index is 0.393. The average Bonchev–Trinajstić information content (AvgIpc) is 2.67. The standard InChI is InChI=1S/C19H21N3O3S/c1-23-16-10-14(11-17(24-2)18(16)25-3)12-21-19(26)22-15-6-4-13(5-7-15)8-9-20/h4-7,10-11H,8,12H2,1-3H3,(H2,21,22,26). The molecule has 0 aliphatic heterocycles. The van der Waals surface area contributed by atoms with Gasteiger partial charge in [-0.15, -0.1) is 0 Å². The maximum Gasteiger partial charge on any atom is 0.203 e. The van der Waals surface area contributed by atoms with Crippen molar-refractivity contribution in [2.75, 3.05) is 26.6 Å². The van der Waals surface area contributed by atoms with Crippen molar-refractivity contribution in [2.45, 2.75) is 13.0 Å². The Hall–Kier alpha value is -2.98. The van der Waals surface area contributed by atoms with E-state index < -0.39 is 0 Å². The van der Waals surface area contributed by atoms with Gasteiger partial charge in [-0.25, -0.2) is 0 Å². The summed E-state index contributed by atoms with van der Waals surface area (Å²) in [7, 11) is 4.73. The van der Waals surface area contributed by atoms with Crippen molar-refractivity contribution >= 4 is 23.0 Å². The second-order valence-corrected chi connectivity index (χ2v) is 5.78. The van der Waals surface area contributed by atoms with E-state index in [0.717, 1.165) is 16.8 Å². The molecule has 0 bridgehead atoms. The fourth-order valence-electron chi connectivity index (χ4n) is 2.39. The van der Waals surface area contributed by atoms with Crippen LogP contribution < -0.4 is 24.8 Å². The average molecular weight is 371 g/mol. The van der Waals surface area contributed by atoms with Crippen LogP contribution in [0.5, 0.6) is 17.2 Å². The van der Waals surface area contributed by atoms with E-state index in [9.17, 15) is 0 Å². The van der Waals surface area contributed by atoms with Crippen molar-refractivity contribution in [1.82, 2.24) is 5.32 Å². The Kier molecular flexibility index (Phi) is 7.06. The first-order valence-corrected chi connectivity index (χ1v) is 8.31. The molecule has 0 atom stereocenters. The van der Waals surface area contributed by atoms with Gasteiger partial charge in [-0.3, -0.25) is 0 Å². The van der Waals surface area contributed by atoms with Gasteiger partial charge in [-0.05, 0) is 47.6 Å². The Morgan fingerprint density at radius 1 is 1.00 bits per heavy atom. The first kappa shape index (κ1) is 19.3. The molecule has 2 rings (SSSR count). The highest BCUT2D eigenvalue weighted by molar-refractivity contribution is 7.80. The minimum Gasteiger partial charge on any atom is -0.493 e. The summed E-state index contributed by atoms with van der Waals surface area (Å²) in [5.74, 6) is 1.74. The highest BCUT2D eigenvalue weighted by Crippen LogP contribution is 2.38. The van der Waals surface area contributed by atoms with Gasteiger partial charge in [0.15, 0.2) is 16.6 Å². The molecule has 7 heteroatoms. The zero-order valence-corrected chi connectivity index (χ0v) is 15.8. The molecule has 0 aliphatic carbocycles. The molecule has 0 unspecified atom stereocenters. The third kappa shape index (κ3) is 5.01. The first-order valence-electron chi connectivity index (χ1n) is 7.91. The number of nitrogens with one attached hydrogen (secondary N) is 2. The van der Waals surface area contributed by atoms with Crippen molar-refractivity contribution < 1.29 is 14.2 Å². The summed E-state index contributed by atoms with van der Waals surface area (Å²) in [6.45, 7) is 0.495. The first-order chi connectivity index (χ1) is 12.6. The summed E-state index contributed by atoms with van der Waals surface area (Å²) in [5.41, 5.74) is 2.76. The molecular formula is C19H21N3O3S. The lowest BCUT2D eigenvalue weighted by Crippen LogP contribution is -2.27. The maximum atomic E-state index is 8.70. The molecule has 0 saturated heterocycles. The highest BCUT2D eigenvalue weighted by atomic mass is 32.1. The number of rotatable bonds is 7. The van der Waals surface area contributed by atoms with E-state index in [1.807, 2.05) is 36.4 Å². The zero-order valence-electron chi connectivity index (χ0n) is 15.0. The quantitative estimate of drug-likeness (QED) is 0.724. The van der Waals surface area contributed by atoms with Crippen LogP contribution in [-0.4, -0.2) is 26.4 Å². The molecule has 0 heterocycles. The number of hydrogen-bond acceptors (Lipinski definition) is 5. The van der Waals surface area contributed by atoms with E-state index >= 15 is 0 Å². The van der Waals surface area contributed by atoms with Gasteiger partial charge in [-0.1, -0.05) is 12.1 Å². The van der Waals surface area contributed by atoms with Crippen LogP contribution >= 0.6 is 12.2 Å². The molecule has 0 fully saturated rings. The van der Waals surface area contributed by atoms with Crippen molar-refractivity contribution in [1.29, 1.82) is 5.26 Å². The van der Waals surface area contributed by atoms with Crippen molar-refractivity contribution in [3.8, 4) is 23.3 Å². The number of thiocarbonyl (C=S) groups is 1. The lowest BCUT2D eigenvalue weighted by molar-refractivity contribution is 0.323. The molecular weight excluding hydrogens is 350 g/mol. The normalized spacial score (nSPS) is 9.77. The molecule has 0 aromatic heterocycles. The van der Waals surface area contributed by atoms with Crippen LogP contribution in [0.25, 0.3) is 0 Å². The fraction of sp³-hybridized carbons (Fsp3) is 0.263. The summed E-state index contributed by atoms with van der Waals surface area (Å²) >= 11 is 5.33. The molecule has 0 saturated carbocycles. The molecule has 2 aromatic rings. The maximum absolute atomic E-state index is 8.70. The summed E-state index contributed by atoms with van der Waals surface area (Å²) < 4.78 is 16.0. The molecule has 26 heavy (non-hydrogen) atoms. The zero-order chi connectivity index (χ0) is 18.9. The fourth-order valence-corrected chi connectivity index (χ4v) is 2.58. The number of ether oxygens (including phenoxy) is 3. The largest absolute Gasteiger partial charge is 0.493 e. The van der Waals surface area contributed by atoms with Crippen molar-refractivity contribution in [3.05, 3.63) is 47.5 Å². The molecule has 0 radical (unpaired) electrons. The van der Waals surface area contributed by atoms with Crippen LogP contribution in [0, 0.1) is 11.3 Å². The van der Waals surface area contributed by atoms with E-state index in [2.05, 4.69) is 16.7 Å². The van der Waals surface area contributed by atoms with Crippen LogP contribution in [0.4, 0.5) is 5.69 Å². The van der Waals surface area contributed by atoms with Crippen LogP contribution in [0.3, 0.4) is 0 Å². The molecule has 136 valence electrons. The minimum absolute atomic E-state index is 0.393. The van der Waals surface area contributed by atoms with Crippen LogP contribution in [0.15, 0.2) is 36.4 Å². The van der Waals surface area contributed by atoms with Gasteiger partial charge in [0.25, 0.3) is 0 Å². The highest BCUT2D eigenvalue weighted by Gasteiger charge is 2.13. The van der Waals surface area contributed by atoms with E-state index in [1.54, 1.807) is 21.3 Å². The van der Waals surface area contributed by atoms with E-state index in [-0.39, 0.29) is 0 Å². The van der Waals surface area contributed by atoms with Gasteiger partial charge in [0.2, 0.25) is 5.75 Å². The Morgan fingerprint density at radius 3 is 2.12 bits per heavy atom. The number of hydrogen-bond donors (Lipinski definition) is 2. The van der Waals surface area contributed by atoms with Gasteiger partial charge in [0, 0.05) is 12.2 Å². The Balaban J connectivity index is 1.99. The predicted octanol–water partition coefficient (Wildman–Crippen LogP) is 3.27. The molecule has 6 nitrogen and oxygen atoms in total. The molecule has 2 aromatic carbocycles. The van der Waals surface area contributed by atoms with Crippen LogP contribution in [-0.2, 0) is 13.0 Å². The summed E-state index contributed by atoms with van der Waals surface area (Å²) in [6.07, 6.45) is 0.393.